The van der Waals surface area contributed by atoms with E-state index in [1.54, 1.807) is 0 Å². The second kappa shape index (κ2) is 40.8. The number of rotatable bonds is 43. The van der Waals surface area contributed by atoms with Crippen molar-refractivity contribution in [1.82, 2.24) is 0 Å². The quantitative estimate of drug-likeness (QED) is 0.0174. The average Bonchev–Trinajstić information content (AvgIpc) is 3.33. The summed E-state index contributed by atoms with van der Waals surface area (Å²) < 4.78 is 33.6. The van der Waals surface area contributed by atoms with E-state index in [0.29, 0.717) is 12.8 Å². The van der Waals surface area contributed by atoms with Gasteiger partial charge in [-0.25, -0.2) is 0 Å². The van der Waals surface area contributed by atoms with Gasteiger partial charge in [-0.3, -0.25) is 9.59 Å². The van der Waals surface area contributed by atoms with Crippen LogP contribution >= 0.6 is 0 Å². The fourth-order valence-corrected chi connectivity index (χ4v) is 8.74. The smallest absolute Gasteiger partial charge is 0.306 e. The summed E-state index contributed by atoms with van der Waals surface area (Å²) in [4.78, 5) is 25.8. The molecule has 15 nitrogen and oxygen atoms in total. The molecule has 2 heterocycles. The maximum atomic E-state index is 13.0. The summed E-state index contributed by atoms with van der Waals surface area (Å²) in [6.45, 7) is 2.59. The van der Waals surface area contributed by atoms with E-state index in [-0.39, 0.29) is 26.1 Å². The lowest BCUT2D eigenvalue weighted by Gasteiger charge is -2.42. The second-order valence-corrected chi connectivity index (χ2v) is 19.4. The van der Waals surface area contributed by atoms with Gasteiger partial charge in [0.15, 0.2) is 18.7 Å². The van der Waals surface area contributed by atoms with E-state index in [1.807, 2.05) is 0 Å². The molecule has 2 rings (SSSR count). The largest absolute Gasteiger partial charge is 0.462 e. The molecule has 0 aromatic rings. The molecule has 0 amide bonds. The first-order chi connectivity index (χ1) is 33.0. The molecule has 400 valence electrons. The lowest BCUT2D eigenvalue weighted by molar-refractivity contribution is -0.332. The average molecular weight is 975 g/mol. The molecule has 0 aromatic heterocycles. The topological polar surface area (TPSA) is 231 Å². The molecule has 0 bridgehead atoms. The van der Waals surface area contributed by atoms with Crippen LogP contribution in [0.5, 0.6) is 0 Å². The van der Waals surface area contributed by atoms with Gasteiger partial charge in [-0.2, -0.15) is 0 Å². The van der Waals surface area contributed by atoms with E-state index in [9.17, 15) is 45.3 Å². The standard InChI is InChI=1S/C53H98O15/c1-3-5-7-9-11-13-15-17-18-19-20-21-22-23-24-26-27-29-31-33-35-44(55)63-38-41(66-45(56)36-34-32-30-28-25-16-14-12-10-8-6-4-2)39-64-52-51(62)49(60)47(58)43(68-52)40-65-53-50(61)48(59)46(57)42(37-54)67-53/h12,14,41-43,46-54,57-62H,3-11,13,15-40H2,1-2H3/b14-12-. The summed E-state index contributed by atoms with van der Waals surface area (Å²) in [5.41, 5.74) is 0. The van der Waals surface area contributed by atoms with Crippen LogP contribution in [0.2, 0.25) is 0 Å². The zero-order chi connectivity index (χ0) is 49.6. The summed E-state index contributed by atoms with van der Waals surface area (Å²) in [7, 11) is 0. The fourth-order valence-electron chi connectivity index (χ4n) is 8.74. The van der Waals surface area contributed by atoms with Crippen LogP contribution in [0.3, 0.4) is 0 Å². The number of carbonyl (C=O) groups excluding carboxylic acids is 2. The number of allylic oxidation sites excluding steroid dienone is 2. The fraction of sp³-hybridized carbons (Fsp3) is 0.925. The molecule has 0 aromatic carbocycles. The molecule has 0 radical (unpaired) electrons. The number of hydrogen-bond donors (Lipinski definition) is 7. The van der Waals surface area contributed by atoms with Crippen molar-refractivity contribution in [3.05, 3.63) is 12.2 Å². The zero-order valence-electron chi connectivity index (χ0n) is 42.4. The van der Waals surface area contributed by atoms with E-state index < -0.39 is 92.7 Å². The maximum Gasteiger partial charge on any atom is 0.306 e. The summed E-state index contributed by atoms with van der Waals surface area (Å²) in [6, 6.07) is 0. The van der Waals surface area contributed by atoms with Crippen LogP contribution in [-0.2, 0) is 38.0 Å². The molecular weight excluding hydrogens is 877 g/mol. The van der Waals surface area contributed by atoms with Crippen LogP contribution in [0, 0.1) is 0 Å². The molecule has 0 spiro atoms. The zero-order valence-corrected chi connectivity index (χ0v) is 42.4. The van der Waals surface area contributed by atoms with E-state index in [2.05, 4.69) is 26.0 Å². The third kappa shape index (κ3) is 28.3. The molecule has 2 aliphatic heterocycles. The van der Waals surface area contributed by atoms with Crippen molar-refractivity contribution in [2.45, 2.75) is 287 Å². The highest BCUT2D eigenvalue weighted by molar-refractivity contribution is 5.70. The number of ether oxygens (including phenoxy) is 6. The van der Waals surface area contributed by atoms with Gasteiger partial charge in [0.05, 0.1) is 19.8 Å². The molecule has 68 heavy (non-hydrogen) atoms. The van der Waals surface area contributed by atoms with Crippen molar-refractivity contribution in [3.63, 3.8) is 0 Å². The molecule has 2 saturated heterocycles. The highest BCUT2D eigenvalue weighted by atomic mass is 16.7. The number of aliphatic hydroxyl groups is 7. The summed E-state index contributed by atoms with van der Waals surface area (Å²) >= 11 is 0. The second-order valence-electron chi connectivity index (χ2n) is 19.4. The number of esters is 2. The normalized spacial score (nSPS) is 25.8. The van der Waals surface area contributed by atoms with Gasteiger partial charge in [-0.15, -0.1) is 0 Å². The van der Waals surface area contributed by atoms with Crippen molar-refractivity contribution in [1.29, 1.82) is 0 Å². The number of unbranched alkanes of at least 4 members (excludes halogenated alkanes) is 27. The van der Waals surface area contributed by atoms with Crippen LogP contribution in [0.15, 0.2) is 12.2 Å². The van der Waals surface area contributed by atoms with Crippen molar-refractivity contribution in [3.8, 4) is 0 Å². The Balaban J connectivity index is 1.75. The molecule has 15 heteroatoms. The van der Waals surface area contributed by atoms with E-state index in [0.717, 1.165) is 57.8 Å². The first-order valence-electron chi connectivity index (χ1n) is 27.3. The van der Waals surface area contributed by atoms with Crippen LogP contribution in [-0.4, -0.2) is 142 Å². The molecule has 0 aliphatic carbocycles. The van der Waals surface area contributed by atoms with Gasteiger partial charge >= 0.3 is 11.9 Å². The van der Waals surface area contributed by atoms with Crippen LogP contribution in [0.1, 0.15) is 219 Å². The van der Waals surface area contributed by atoms with Crippen molar-refractivity contribution >= 4 is 11.9 Å². The summed E-state index contributed by atoms with van der Waals surface area (Å²) in [5.74, 6) is -0.924. The summed E-state index contributed by atoms with van der Waals surface area (Å²) in [5, 5.41) is 72.1. The summed E-state index contributed by atoms with van der Waals surface area (Å²) in [6.07, 6.45) is 23.9. The highest BCUT2D eigenvalue weighted by Crippen LogP contribution is 2.27. The minimum Gasteiger partial charge on any atom is -0.462 e. The number of carbonyl (C=O) groups is 2. The minimum atomic E-state index is -1.76. The minimum absolute atomic E-state index is 0.159. The van der Waals surface area contributed by atoms with Gasteiger partial charge in [0.2, 0.25) is 0 Å². The maximum absolute atomic E-state index is 13.0. The lowest BCUT2D eigenvalue weighted by atomic mass is 9.98. The van der Waals surface area contributed by atoms with E-state index >= 15 is 0 Å². The molecule has 2 aliphatic rings. The van der Waals surface area contributed by atoms with Crippen molar-refractivity contribution < 1.29 is 73.8 Å². The Kier molecular flexibility index (Phi) is 37.4. The van der Waals surface area contributed by atoms with E-state index in [4.69, 9.17) is 28.4 Å². The lowest BCUT2D eigenvalue weighted by Crippen LogP contribution is -2.61. The van der Waals surface area contributed by atoms with Gasteiger partial charge in [0, 0.05) is 12.8 Å². The van der Waals surface area contributed by atoms with Crippen molar-refractivity contribution in [2.24, 2.45) is 0 Å². The van der Waals surface area contributed by atoms with Gasteiger partial charge in [-0.1, -0.05) is 180 Å². The van der Waals surface area contributed by atoms with Crippen LogP contribution < -0.4 is 0 Å². The molecule has 2 fully saturated rings. The Hall–Kier alpha value is -1.76. The Morgan fingerprint density at radius 2 is 0.838 bits per heavy atom. The van der Waals surface area contributed by atoms with Crippen molar-refractivity contribution in [2.75, 3.05) is 26.4 Å². The van der Waals surface area contributed by atoms with Gasteiger partial charge in [0.25, 0.3) is 0 Å². The van der Waals surface area contributed by atoms with Crippen LogP contribution in [0.4, 0.5) is 0 Å². The monoisotopic (exact) mass is 975 g/mol. The molecular formula is C53H98O15. The molecule has 11 unspecified atom stereocenters. The third-order valence-electron chi connectivity index (χ3n) is 13.2. The predicted octanol–water partition coefficient (Wildman–Crippen LogP) is 8.16. The third-order valence-corrected chi connectivity index (χ3v) is 13.2. The van der Waals surface area contributed by atoms with E-state index in [1.165, 1.54) is 122 Å². The molecule has 11 atom stereocenters. The first-order valence-corrected chi connectivity index (χ1v) is 27.3. The predicted molar refractivity (Wildman–Crippen MR) is 261 cm³/mol. The van der Waals surface area contributed by atoms with Gasteiger partial charge < -0.3 is 64.2 Å². The SMILES string of the molecule is CCCCC/C=C\CCCCCCCC(=O)OC(COC(=O)CCCCCCCCCCCCCCCCCCCCCC)COC1OC(COC2OC(CO)C(O)C(O)C2O)C(O)C(O)C1O. The Morgan fingerprint density at radius 1 is 0.456 bits per heavy atom. The number of hydrogen-bond acceptors (Lipinski definition) is 15. The van der Waals surface area contributed by atoms with Gasteiger partial charge in [0.1, 0.15) is 55.4 Å². The number of aliphatic hydroxyl groups excluding tert-OH is 7. The molecule has 7 N–H and O–H groups in total. The van der Waals surface area contributed by atoms with Crippen LogP contribution in [0.25, 0.3) is 0 Å². The Labute approximate surface area is 410 Å². The van der Waals surface area contributed by atoms with Gasteiger partial charge in [-0.05, 0) is 38.5 Å². The Bertz CT molecular complexity index is 1240. The highest BCUT2D eigenvalue weighted by Gasteiger charge is 2.47. The Morgan fingerprint density at radius 3 is 1.32 bits per heavy atom. The first kappa shape index (κ1) is 62.4. The molecule has 0 saturated carbocycles.